The Morgan fingerprint density at radius 2 is 1.48 bits per heavy atom. The Balaban J connectivity index is 1.58. The van der Waals surface area contributed by atoms with Gasteiger partial charge in [0.1, 0.15) is 11.7 Å². The van der Waals surface area contributed by atoms with Crippen LogP contribution in [0.5, 0.6) is 5.75 Å². The van der Waals surface area contributed by atoms with Gasteiger partial charge in [0.25, 0.3) is 5.91 Å². The van der Waals surface area contributed by atoms with Crippen molar-refractivity contribution >= 4 is 23.2 Å². The molecule has 2 heterocycles. The summed E-state index contributed by atoms with van der Waals surface area (Å²) in [5, 5.41) is 1.72. The van der Waals surface area contributed by atoms with E-state index < -0.39 is 18.1 Å². The van der Waals surface area contributed by atoms with Crippen LogP contribution in [-0.4, -0.2) is 25.0 Å². The van der Waals surface area contributed by atoms with E-state index in [1.165, 1.54) is 4.90 Å². The lowest BCUT2D eigenvalue weighted by atomic mass is 9.88. The van der Waals surface area contributed by atoms with Crippen molar-refractivity contribution in [1.82, 2.24) is 0 Å². The maximum Gasteiger partial charge on any atom is 0.266 e. The van der Waals surface area contributed by atoms with Gasteiger partial charge in [0.15, 0.2) is 6.10 Å². The fourth-order valence-corrected chi connectivity index (χ4v) is 4.43. The molecule has 0 saturated carbocycles. The average Bonchev–Trinajstić information content (AvgIpc) is 3.31. The third-order valence-corrected chi connectivity index (χ3v) is 5.96. The molecular formula is C25H22N2O4. The minimum absolute atomic E-state index is 0.258. The highest BCUT2D eigenvalue weighted by atomic mass is 16.7. The van der Waals surface area contributed by atoms with Crippen molar-refractivity contribution < 1.29 is 19.2 Å². The molecule has 6 heteroatoms. The number of carbonyl (C=O) groups excluding carboxylic acids is 2. The Kier molecular flexibility index (Phi) is 4.71. The Hall–Kier alpha value is -3.64. The Morgan fingerprint density at radius 1 is 0.806 bits per heavy atom. The number of anilines is 2. The molecule has 2 saturated heterocycles. The highest BCUT2D eigenvalue weighted by molar-refractivity contribution is 6.23. The van der Waals surface area contributed by atoms with Gasteiger partial charge in [-0.2, -0.15) is 0 Å². The topological polar surface area (TPSA) is 59.1 Å². The largest absolute Gasteiger partial charge is 0.497 e. The van der Waals surface area contributed by atoms with Gasteiger partial charge >= 0.3 is 0 Å². The molecule has 0 aliphatic carbocycles. The van der Waals surface area contributed by atoms with E-state index in [0.717, 1.165) is 16.8 Å². The highest BCUT2D eigenvalue weighted by Crippen LogP contribution is 2.48. The lowest BCUT2D eigenvalue weighted by Gasteiger charge is -2.29. The second kappa shape index (κ2) is 7.56. The van der Waals surface area contributed by atoms with Crippen LogP contribution < -0.4 is 14.7 Å². The van der Waals surface area contributed by atoms with Gasteiger partial charge in [0.2, 0.25) is 5.91 Å². The van der Waals surface area contributed by atoms with E-state index in [1.807, 2.05) is 61.5 Å². The minimum Gasteiger partial charge on any atom is -0.497 e. The zero-order valence-electron chi connectivity index (χ0n) is 17.3. The molecule has 31 heavy (non-hydrogen) atoms. The van der Waals surface area contributed by atoms with Crippen LogP contribution in [0.25, 0.3) is 0 Å². The number of rotatable bonds is 4. The summed E-state index contributed by atoms with van der Waals surface area (Å²) in [6.07, 6.45) is -0.876. The smallest absolute Gasteiger partial charge is 0.266 e. The second-order valence-corrected chi connectivity index (χ2v) is 7.72. The first kappa shape index (κ1) is 19.3. The number of hydrogen-bond donors (Lipinski definition) is 0. The van der Waals surface area contributed by atoms with Gasteiger partial charge in [-0.15, -0.1) is 0 Å². The summed E-state index contributed by atoms with van der Waals surface area (Å²) >= 11 is 0. The molecule has 0 spiro atoms. The van der Waals surface area contributed by atoms with Crippen molar-refractivity contribution in [3.8, 4) is 5.75 Å². The number of carbonyl (C=O) groups is 2. The summed E-state index contributed by atoms with van der Waals surface area (Å²) in [6.45, 7) is 2.01. The third kappa shape index (κ3) is 3.07. The van der Waals surface area contributed by atoms with Gasteiger partial charge < -0.3 is 4.74 Å². The SMILES string of the molecule is COc1ccc(N2C(=O)C3ON(c4ccccc4)C(c4ccccc4C)C3C2=O)cc1. The predicted molar refractivity (Wildman–Crippen MR) is 117 cm³/mol. The maximum atomic E-state index is 13.6. The number of aryl methyl sites for hydroxylation is 1. The van der Waals surface area contributed by atoms with Crippen molar-refractivity contribution in [2.75, 3.05) is 17.1 Å². The number of amides is 2. The van der Waals surface area contributed by atoms with Crippen LogP contribution >= 0.6 is 0 Å². The van der Waals surface area contributed by atoms with Crippen LogP contribution in [0, 0.1) is 12.8 Å². The number of ether oxygens (including phenoxy) is 1. The van der Waals surface area contributed by atoms with Crippen LogP contribution in [0.15, 0.2) is 78.9 Å². The first-order valence-corrected chi connectivity index (χ1v) is 10.2. The normalized spacial score (nSPS) is 22.7. The zero-order valence-corrected chi connectivity index (χ0v) is 17.3. The lowest BCUT2D eigenvalue weighted by Crippen LogP contribution is -2.37. The number of fused-ring (bicyclic) bond motifs is 1. The molecule has 2 aliphatic heterocycles. The molecule has 0 aromatic heterocycles. The number of methoxy groups -OCH3 is 1. The molecule has 3 atom stereocenters. The molecule has 0 bridgehead atoms. The molecule has 0 N–H and O–H groups in total. The number of hydrogen-bond acceptors (Lipinski definition) is 5. The molecule has 0 radical (unpaired) electrons. The summed E-state index contributed by atoms with van der Waals surface area (Å²) in [4.78, 5) is 34.3. The third-order valence-electron chi connectivity index (χ3n) is 5.96. The quantitative estimate of drug-likeness (QED) is 0.603. The summed E-state index contributed by atoms with van der Waals surface area (Å²) in [5.41, 5.74) is 3.34. The van der Waals surface area contributed by atoms with Crippen LogP contribution in [0.4, 0.5) is 11.4 Å². The number of imide groups is 1. The number of benzene rings is 3. The van der Waals surface area contributed by atoms with Gasteiger partial charge in [-0.3, -0.25) is 14.4 Å². The molecule has 3 aromatic rings. The molecule has 3 aromatic carbocycles. The van der Waals surface area contributed by atoms with E-state index >= 15 is 0 Å². The van der Waals surface area contributed by atoms with Crippen LogP contribution in [0.1, 0.15) is 17.2 Å². The van der Waals surface area contributed by atoms with E-state index in [9.17, 15) is 9.59 Å². The van der Waals surface area contributed by atoms with E-state index in [4.69, 9.17) is 9.57 Å². The molecule has 2 aliphatic rings. The molecule has 6 nitrogen and oxygen atoms in total. The van der Waals surface area contributed by atoms with Crippen LogP contribution in [-0.2, 0) is 14.4 Å². The molecular weight excluding hydrogens is 392 g/mol. The lowest BCUT2D eigenvalue weighted by molar-refractivity contribution is -0.126. The first-order valence-electron chi connectivity index (χ1n) is 10.2. The molecule has 3 unspecified atom stereocenters. The minimum atomic E-state index is -0.876. The van der Waals surface area contributed by atoms with Gasteiger partial charge in [-0.1, -0.05) is 42.5 Å². The van der Waals surface area contributed by atoms with Gasteiger partial charge in [0, 0.05) is 0 Å². The van der Waals surface area contributed by atoms with Gasteiger partial charge in [-0.05, 0) is 54.4 Å². The van der Waals surface area contributed by atoms with Crippen molar-refractivity contribution in [1.29, 1.82) is 0 Å². The summed E-state index contributed by atoms with van der Waals surface area (Å²) in [7, 11) is 1.57. The molecule has 2 fully saturated rings. The number of hydroxylamine groups is 1. The number of nitrogens with zero attached hydrogens (tertiary/aromatic N) is 2. The van der Waals surface area contributed by atoms with Crippen molar-refractivity contribution in [2.45, 2.75) is 19.1 Å². The van der Waals surface area contributed by atoms with Crippen molar-refractivity contribution in [2.24, 2.45) is 5.92 Å². The summed E-state index contributed by atoms with van der Waals surface area (Å²) < 4.78 is 5.19. The maximum absolute atomic E-state index is 13.6. The van der Waals surface area contributed by atoms with E-state index in [2.05, 4.69) is 0 Å². The van der Waals surface area contributed by atoms with Gasteiger partial charge in [0.05, 0.1) is 24.5 Å². The van der Waals surface area contributed by atoms with Crippen LogP contribution in [0.2, 0.25) is 0 Å². The zero-order chi connectivity index (χ0) is 21.5. The van der Waals surface area contributed by atoms with E-state index in [-0.39, 0.29) is 11.8 Å². The Bertz CT molecular complexity index is 1130. The molecule has 5 rings (SSSR count). The standard InChI is InChI=1S/C25H22N2O4/c1-16-8-6-7-11-20(16)22-21-23(31-27(22)18-9-4-3-5-10-18)25(29)26(24(21)28)17-12-14-19(30-2)15-13-17/h3-15,21-23H,1-2H3. The fraction of sp³-hybridized carbons (Fsp3) is 0.200. The Morgan fingerprint density at radius 3 is 2.16 bits per heavy atom. The Labute approximate surface area is 180 Å². The number of para-hydroxylation sites is 1. The summed E-state index contributed by atoms with van der Waals surface area (Å²) in [5.74, 6) is -0.590. The second-order valence-electron chi connectivity index (χ2n) is 7.72. The average molecular weight is 414 g/mol. The van der Waals surface area contributed by atoms with Gasteiger partial charge in [-0.25, -0.2) is 9.96 Å². The van der Waals surface area contributed by atoms with Crippen molar-refractivity contribution in [3.63, 3.8) is 0 Å². The monoisotopic (exact) mass is 414 g/mol. The van der Waals surface area contributed by atoms with Crippen molar-refractivity contribution in [3.05, 3.63) is 90.0 Å². The predicted octanol–water partition coefficient (Wildman–Crippen LogP) is 4.05. The molecule has 2 amide bonds. The highest BCUT2D eigenvalue weighted by Gasteiger charge is 2.60. The summed E-state index contributed by atoms with van der Waals surface area (Å²) in [6, 6.07) is 24.0. The van der Waals surface area contributed by atoms with Crippen LogP contribution in [0.3, 0.4) is 0 Å². The van der Waals surface area contributed by atoms with E-state index in [0.29, 0.717) is 11.4 Å². The van der Waals surface area contributed by atoms with E-state index in [1.54, 1.807) is 36.4 Å². The first-order chi connectivity index (χ1) is 15.1. The molecule has 156 valence electrons. The fourth-order valence-electron chi connectivity index (χ4n) is 4.43.